The number of ether oxygens (including phenoxy) is 2. The number of carbonyl (C=O) groups is 2. The zero-order valence-electron chi connectivity index (χ0n) is 27.5. The third-order valence-corrected chi connectivity index (χ3v) is 10.2. The van der Waals surface area contributed by atoms with Crippen molar-refractivity contribution in [2.75, 3.05) is 19.8 Å². The molecule has 4 N–H and O–H groups in total. The summed E-state index contributed by atoms with van der Waals surface area (Å²) in [5.74, 6) is -0.455. The average molecular weight is 706 g/mol. The first-order valence-electron chi connectivity index (χ1n) is 15.5. The van der Waals surface area contributed by atoms with Crippen molar-refractivity contribution in [3.63, 3.8) is 0 Å². The van der Waals surface area contributed by atoms with Gasteiger partial charge in [-0.3, -0.25) is 4.79 Å². The van der Waals surface area contributed by atoms with Crippen molar-refractivity contribution in [2.45, 2.75) is 91.8 Å². The molecule has 0 aromatic carbocycles. The molecule has 2 amide bonds. The smallest absolute Gasteiger partial charge is 0.325 e. The number of carbonyl (C=O) groups excluding carboxylic acids is 2. The zero-order chi connectivity index (χ0) is 33.4. The predicted octanol–water partition coefficient (Wildman–Crippen LogP) is 6.99. The van der Waals surface area contributed by atoms with Crippen LogP contribution in [-0.4, -0.2) is 47.3 Å². The Bertz CT molecular complexity index is 1460. The first kappa shape index (κ1) is 37.8. The second-order valence-corrected chi connectivity index (χ2v) is 16.2. The van der Waals surface area contributed by atoms with E-state index in [1.165, 1.54) is 33.2 Å². The summed E-state index contributed by atoms with van der Waals surface area (Å²) in [6.07, 6.45) is 6.54. The topological polar surface area (TPSA) is 128 Å². The first-order valence-corrected chi connectivity index (χ1v) is 18.9. The molecule has 0 aliphatic carbocycles. The van der Waals surface area contributed by atoms with Crippen LogP contribution in [0.15, 0.2) is 35.0 Å². The van der Waals surface area contributed by atoms with E-state index in [0.717, 1.165) is 59.5 Å². The fraction of sp³-hybridized carbons (Fsp3) is 0.515. The molecule has 1 aliphatic heterocycles. The molecule has 0 atom stereocenters. The van der Waals surface area contributed by atoms with Gasteiger partial charge in [-0.05, 0) is 97.4 Å². The number of aryl methyl sites for hydroxylation is 6. The van der Waals surface area contributed by atoms with Crippen molar-refractivity contribution in [3.05, 3.63) is 75.9 Å². The molecule has 0 saturated carbocycles. The van der Waals surface area contributed by atoms with E-state index in [2.05, 4.69) is 49.6 Å². The maximum atomic E-state index is 11.8. The fourth-order valence-corrected chi connectivity index (χ4v) is 7.29. The van der Waals surface area contributed by atoms with Crippen molar-refractivity contribution in [1.29, 1.82) is 0 Å². The van der Waals surface area contributed by atoms with Gasteiger partial charge < -0.3 is 25.8 Å². The van der Waals surface area contributed by atoms with Crippen LogP contribution >= 0.6 is 45.3 Å². The highest BCUT2D eigenvalue weighted by molar-refractivity contribution is 7.12. The number of hydrogen-bond acceptors (Lipinski definition) is 11. The Balaban J connectivity index is 0.000000239. The van der Waals surface area contributed by atoms with Crippen molar-refractivity contribution in [3.8, 4) is 0 Å². The minimum absolute atomic E-state index is 0.147. The van der Waals surface area contributed by atoms with Crippen LogP contribution in [-0.2, 0) is 53.0 Å². The van der Waals surface area contributed by atoms with E-state index in [1.54, 1.807) is 54.8 Å². The summed E-state index contributed by atoms with van der Waals surface area (Å²) in [7, 11) is 0. The molecular formula is C33H47N5O4S4. The second kappa shape index (κ2) is 19.9. The number of rotatable bonds is 11. The minimum atomic E-state index is -0.556. The number of thiophene rings is 2. The molecule has 1 aliphatic rings. The van der Waals surface area contributed by atoms with Crippen LogP contribution in [0.3, 0.4) is 0 Å². The van der Waals surface area contributed by atoms with Crippen molar-refractivity contribution in [2.24, 2.45) is 5.73 Å². The third-order valence-electron chi connectivity index (χ3n) is 6.29. The average Bonchev–Trinajstić information content (AvgIpc) is 3.85. The summed E-state index contributed by atoms with van der Waals surface area (Å²) in [6, 6.07) is 8.00. The number of hydrogen-bond donors (Lipinski definition) is 3. The quantitative estimate of drug-likeness (QED) is 0.144. The molecule has 13 heteroatoms. The summed E-state index contributed by atoms with van der Waals surface area (Å²) in [5, 5.41) is 11.7. The van der Waals surface area contributed by atoms with E-state index in [1.807, 2.05) is 31.3 Å². The van der Waals surface area contributed by atoms with Gasteiger partial charge in [-0.1, -0.05) is 0 Å². The van der Waals surface area contributed by atoms with Crippen LogP contribution in [0.4, 0.5) is 4.79 Å². The summed E-state index contributed by atoms with van der Waals surface area (Å²) >= 11 is 6.88. The van der Waals surface area contributed by atoms with Crippen molar-refractivity contribution < 1.29 is 19.1 Å². The van der Waals surface area contributed by atoms with Gasteiger partial charge in [-0.25, -0.2) is 14.8 Å². The number of thiazole rings is 2. The minimum Gasteiger partial charge on any atom is -0.459 e. The Morgan fingerprint density at radius 2 is 1.35 bits per heavy atom. The van der Waals surface area contributed by atoms with Gasteiger partial charge in [0.25, 0.3) is 0 Å². The lowest BCUT2D eigenvalue weighted by Gasteiger charge is -2.19. The molecule has 4 aromatic heterocycles. The summed E-state index contributed by atoms with van der Waals surface area (Å²) in [5.41, 5.74) is 7.35. The Morgan fingerprint density at radius 1 is 0.826 bits per heavy atom. The Labute approximate surface area is 289 Å². The van der Waals surface area contributed by atoms with E-state index in [4.69, 9.17) is 15.2 Å². The van der Waals surface area contributed by atoms with Gasteiger partial charge in [0.15, 0.2) is 0 Å². The largest absolute Gasteiger partial charge is 0.459 e. The van der Waals surface area contributed by atoms with Gasteiger partial charge in [-0.2, -0.15) is 0 Å². The van der Waals surface area contributed by atoms with Crippen molar-refractivity contribution >= 4 is 57.3 Å². The molecule has 5 rings (SSSR count). The van der Waals surface area contributed by atoms with Gasteiger partial charge in [0.05, 0.1) is 27.9 Å². The number of esters is 1. The van der Waals surface area contributed by atoms with Crippen LogP contribution in [0.5, 0.6) is 0 Å². The number of nitrogens with two attached hydrogens (primary N) is 1. The van der Waals surface area contributed by atoms with E-state index < -0.39 is 11.6 Å². The normalized spacial score (nSPS) is 12.5. The van der Waals surface area contributed by atoms with Crippen LogP contribution in [0.25, 0.3) is 0 Å². The van der Waals surface area contributed by atoms with Gasteiger partial charge in [0.1, 0.15) is 12.1 Å². The second-order valence-electron chi connectivity index (χ2n) is 11.6. The molecule has 5 heterocycles. The summed E-state index contributed by atoms with van der Waals surface area (Å²) in [4.78, 5) is 37.3. The Hall–Kier alpha value is -2.68. The van der Waals surface area contributed by atoms with E-state index >= 15 is 0 Å². The highest BCUT2D eigenvalue weighted by atomic mass is 32.1. The van der Waals surface area contributed by atoms with E-state index in [-0.39, 0.29) is 12.6 Å². The van der Waals surface area contributed by atoms with Crippen LogP contribution in [0.1, 0.15) is 74.5 Å². The van der Waals surface area contributed by atoms with Gasteiger partial charge in [0.2, 0.25) is 0 Å². The van der Waals surface area contributed by atoms with Crippen LogP contribution < -0.4 is 16.4 Å². The maximum Gasteiger partial charge on any atom is 0.325 e. The monoisotopic (exact) mass is 705 g/mol. The predicted molar refractivity (Wildman–Crippen MR) is 191 cm³/mol. The number of nitrogens with zero attached hydrogens (tertiary/aromatic N) is 2. The third kappa shape index (κ3) is 15.7. The molecule has 0 bridgehead atoms. The summed E-state index contributed by atoms with van der Waals surface area (Å²) < 4.78 is 10.1. The van der Waals surface area contributed by atoms with Crippen LogP contribution in [0.2, 0.25) is 0 Å². The molecule has 46 heavy (non-hydrogen) atoms. The molecule has 252 valence electrons. The lowest BCUT2D eigenvalue weighted by atomic mass is 10.2. The lowest BCUT2D eigenvalue weighted by Crippen LogP contribution is -2.40. The van der Waals surface area contributed by atoms with Gasteiger partial charge in [-0.15, -0.1) is 45.3 Å². The number of aromatic nitrogens is 2. The molecule has 1 fully saturated rings. The number of nitrogens with one attached hydrogen (secondary N) is 2. The fourth-order valence-electron chi connectivity index (χ4n) is 4.14. The summed E-state index contributed by atoms with van der Waals surface area (Å²) in [6.45, 7) is 12.4. The standard InChI is InChI=1S/C18H25N3O3S2.C11H14N2S2.C4H8O/c1-12-21-13(11-25-12)5-6-14-7-8-15(26-14)9-19-17(23)20-10-16(22)24-18(2,3)4;1-8-13-9(7-14-8)2-3-10-4-5-11(6-12)15-10;1-2-4-5-3-1/h7-8,11H,5-6,9-10H2,1-4H3,(H2,19,20,23);4-5,7H,2-3,6,12H2,1H3;1-4H2. The SMILES string of the molecule is C1CCOC1.Cc1nc(CCc2ccc(CN)s2)cs1.Cc1nc(CCc2ccc(CNC(=O)NCC(=O)OC(C)(C)C)s2)cs1. The molecule has 4 aromatic rings. The lowest BCUT2D eigenvalue weighted by molar-refractivity contribution is -0.153. The zero-order valence-corrected chi connectivity index (χ0v) is 30.7. The first-order chi connectivity index (χ1) is 22.0. The molecule has 9 nitrogen and oxygen atoms in total. The molecular weight excluding hydrogens is 659 g/mol. The molecule has 0 spiro atoms. The highest BCUT2D eigenvalue weighted by Gasteiger charge is 2.16. The number of amides is 2. The number of urea groups is 1. The van der Waals surface area contributed by atoms with Crippen LogP contribution in [0, 0.1) is 13.8 Å². The molecule has 0 unspecified atom stereocenters. The van der Waals surface area contributed by atoms with E-state index in [0.29, 0.717) is 13.1 Å². The Morgan fingerprint density at radius 3 is 1.78 bits per heavy atom. The van der Waals surface area contributed by atoms with E-state index in [9.17, 15) is 9.59 Å². The Kier molecular flexibility index (Phi) is 16.3. The van der Waals surface area contributed by atoms with Gasteiger partial charge >= 0.3 is 12.0 Å². The maximum absolute atomic E-state index is 11.8. The van der Waals surface area contributed by atoms with Crippen molar-refractivity contribution in [1.82, 2.24) is 20.6 Å². The molecule has 0 radical (unpaired) electrons. The highest BCUT2D eigenvalue weighted by Crippen LogP contribution is 2.20. The van der Waals surface area contributed by atoms with Gasteiger partial charge in [0, 0.05) is 50.0 Å². The molecule has 1 saturated heterocycles.